The second kappa shape index (κ2) is 3.93. The van der Waals surface area contributed by atoms with E-state index in [1.807, 2.05) is 18.2 Å². The van der Waals surface area contributed by atoms with Gasteiger partial charge in [-0.15, -0.1) is 0 Å². The van der Waals surface area contributed by atoms with Crippen molar-refractivity contribution in [2.75, 3.05) is 6.73 Å². The summed E-state index contributed by atoms with van der Waals surface area (Å²) in [6.07, 6.45) is 0.987. The number of nitrogens with one attached hydrogen (secondary N) is 1. The quantitative estimate of drug-likeness (QED) is 0.801. The minimum absolute atomic E-state index is 0.0399. The van der Waals surface area contributed by atoms with Gasteiger partial charge in [0.25, 0.3) is 5.91 Å². The fourth-order valence-electron chi connectivity index (χ4n) is 1.75. The van der Waals surface area contributed by atoms with Gasteiger partial charge in [0.05, 0.1) is 5.56 Å². The number of rotatable bonds is 2. The van der Waals surface area contributed by atoms with Crippen molar-refractivity contribution in [2.45, 2.75) is 20.3 Å². The summed E-state index contributed by atoms with van der Waals surface area (Å²) in [6.45, 7) is 4.60. The van der Waals surface area contributed by atoms with Crippen LogP contribution < -0.4 is 10.1 Å². The molecule has 0 saturated carbocycles. The van der Waals surface area contributed by atoms with Gasteiger partial charge in [-0.25, -0.2) is 0 Å². The van der Waals surface area contributed by atoms with Gasteiger partial charge >= 0.3 is 0 Å². The van der Waals surface area contributed by atoms with Crippen LogP contribution in [0.25, 0.3) is 0 Å². The zero-order valence-corrected chi connectivity index (χ0v) is 9.04. The predicted molar refractivity (Wildman–Crippen MR) is 57.9 cm³/mol. The summed E-state index contributed by atoms with van der Waals surface area (Å²) < 4.78 is 5.32. The zero-order chi connectivity index (χ0) is 10.8. The number of carbonyl (C=O) groups excluding carboxylic acids is 1. The van der Waals surface area contributed by atoms with Gasteiger partial charge in [-0.2, -0.15) is 0 Å². The minimum Gasteiger partial charge on any atom is -0.472 e. The van der Waals surface area contributed by atoms with Gasteiger partial charge in [-0.1, -0.05) is 19.9 Å². The largest absolute Gasteiger partial charge is 0.472 e. The average molecular weight is 205 g/mol. The SMILES string of the molecule is CC(C)Cc1ccc2c(c1)C(=O)NCO2. The molecule has 80 valence electrons. The summed E-state index contributed by atoms with van der Waals surface area (Å²) >= 11 is 0. The summed E-state index contributed by atoms with van der Waals surface area (Å²) in [5.74, 6) is 1.24. The average Bonchev–Trinajstić information content (AvgIpc) is 2.18. The summed E-state index contributed by atoms with van der Waals surface area (Å²) in [4.78, 5) is 11.5. The first-order chi connectivity index (χ1) is 7.16. The Labute approximate surface area is 89.4 Å². The third-order valence-electron chi connectivity index (χ3n) is 2.39. The lowest BCUT2D eigenvalue weighted by Gasteiger charge is -2.18. The summed E-state index contributed by atoms with van der Waals surface area (Å²) in [6, 6.07) is 5.83. The minimum atomic E-state index is -0.0399. The maximum absolute atomic E-state index is 11.5. The Kier molecular flexibility index (Phi) is 2.62. The molecule has 15 heavy (non-hydrogen) atoms. The van der Waals surface area contributed by atoms with Crippen LogP contribution in [0.4, 0.5) is 0 Å². The third kappa shape index (κ3) is 2.12. The third-order valence-corrected chi connectivity index (χ3v) is 2.39. The molecule has 0 bridgehead atoms. The molecule has 1 amide bonds. The molecule has 0 atom stereocenters. The first-order valence-electron chi connectivity index (χ1n) is 5.21. The topological polar surface area (TPSA) is 38.3 Å². The molecule has 0 aromatic heterocycles. The highest BCUT2D eigenvalue weighted by atomic mass is 16.5. The highest BCUT2D eigenvalue weighted by molar-refractivity contribution is 5.97. The van der Waals surface area contributed by atoms with Crippen molar-refractivity contribution in [1.82, 2.24) is 5.32 Å². The number of fused-ring (bicyclic) bond motifs is 1. The van der Waals surface area contributed by atoms with Crippen molar-refractivity contribution >= 4 is 5.91 Å². The second-order valence-electron chi connectivity index (χ2n) is 4.22. The Balaban J connectivity index is 2.31. The van der Waals surface area contributed by atoms with Crippen LogP contribution in [0.1, 0.15) is 29.8 Å². The first-order valence-corrected chi connectivity index (χ1v) is 5.21. The van der Waals surface area contributed by atoms with Crippen LogP contribution >= 0.6 is 0 Å². The van der Waals surface area contributed by atoms with E-state index < -0.39 is 0 Å². The van der Waals surface area contributed by atoms with Crippen molar-refractivity contribution in [3.8, 4) is 5.75 Å². The smallest absolute Gasteiger partial charge is 0.257 e. The molecule has 1 aromatic carbocycles. The molecule has 1 aromatic rings. The number of hydrogen-bond donors (Lipinski definition) is 1. The molecule has 1 aliphatic heterocycles. The lowest BCUT2D eigenvalue weighted by molar-refractivity contribution is 0.0883. The molecule has 1 aliphatic rings. The van der Waals surface area contributed by atoms with E-state index in [4.69, 9.17) is 4.74 Å². The van der Waals surface area contributed by atoms with Crippen molar-refractivity contribution < 1.29 is 9.53 Å². The number of carbonyl (C=O) groups is 1. The van der Waals surface area contributed by atoms with Gasteiger partial charge in [0.2, 0.25) is 0 Å². The fraction of sp³-hybridized carbons (Fsp3) is 0.417. The number of hydrogen-bond acceptors (Lipinski definition) is 2. The van der Waals surface area contributed by atoms with Gasteiger partial charge in [0, 0.05) is 0 Å². The Morgan fingerprint density at radius 1 is 1.47 bits per heavy atom. The monoisotopic (exact) mass is 205 g/mol. The van der Waals surface area contributed by atoms with E-state index in [9.17, 15) is 4.79 Å². The Morgan fingerprint density at radius 3 is 3.00 bits per heavy atom. The molecule has 1 N–H and O–H groups in total. The van der Waals surface area contributed by atoms with E-state index in [0.29, 0.717) is 17.2 Å². The van der Waals surface area contributed by atoms with Crippen molar-refractivity contribution in [3.05, 3.63) is 29.3 Å². The number of ether oxygens (including phenoxy) is 1. The Hall–Kier alpha value is -1.51. The van der Waals surface area contributed by atoms with E-state index in [-0.39, 0.29) is 12.6 Å². The molecule has 2 rings (SSSR count). The highest BCUT2D eigenvalue weighted by Gasteiger charge is 2.17. The van der Waals surface area contributed by atoms with Crippen LogP contribution in [0.2, 0.25) is 0 Å². The Morgan fingerprint density at radius 2 is 2.27 bits per heavy atom. The van der Waals surface area contributed by atoms with Crippen molar-refractivity contribution in [1.29, 1.82) is 0 Å². The van der Waals surface area contributed by atoms with Crippen LogP contribution in [0.15, 0.2) is 18.2 Å². The second-order valence-corrected chi connectivity index (χ2v) is 4.22. The van der Waals surface area contributed by atoms with Crippen LogP contribution in [0, 0.1) is 5.92 Å². The lowest BCUT2D eigenvalue weighted by Crippen LogP contribution is -2.33. The van der Waals surface area contributed by atoms with E-state index in [1.54, 1.807) is 0 Å². The molecule has 0 unspecified atom stereocenters. The maximum atomic E-state index is 11.5. The maximum Gasteiger partial charge on any atom is 0.257 e. The molecule has 0 radical (unpaired) electrons. The van der Waals surface area contributed by atoms with E-state index in [2.05, 4.69) is 19.2 Å². The van der Waals surface area contributed by atoms with Crippen LogP contribution in [-0.4, -0.2) is 12.6 Å². The standard InChI is InChI=1S/C12H15NO2/c1-8(2)5-9-3-4-11-10(6-9)12(14)13-7-15-11/h3-4,6,8H,5,7H2,1-2H3,(H,13,14). The van der Waals surface area contributed by atoms with Gasteiger partial charge in [0.1, 0.15) is 5.75 Å². The van der Waals surface area contributed by atoms with E-state index in [1.165, 1.54) is 5.56 Å². The summed E-state index contributed by atoms with van der Waals surface area (Å²) in [5.41, 5.74) is 1.84. The van der Waals surface area contributed by atoms with Gasteiger partial charge in [0.15, 0.2) is 6.73 Å². The molecule has 0 saturated heterocycles. The predicted octanol–water partition coefficient (Wildman–Crippen LogP) is 1.96. The van der Waals surface area contributed by atoms with Crippen molar-refractivity contribution in [3.63, 3.8) is 0 Å². The summed E-state index contributed by atoms with van der Waals surface area (Å²) in [5, 5.41) is 2.66. The molecule has 0 fully saturated rings. The van der Waals surface area contributed by atoms with Crippen LogP contribution in [0.3, 0.4) is 0 Å². The molecule has 0 aliphatic carbocycles. The first kappa shape index (κ1) is 10.0. The molecule has 0 spiro atoms. The zero-order valence-electron chi connectivity index (χ0n) is 9.04. The lowest BCUT2D eigenvalue weighted by atomic mass is 10.00. The number of amides is 1. The van der Waals surface area contributed by atoms with Gasteiger partial charge in [-0.3, -0.25) is 4.79 Å². The van der Waals surface area contributed by atoms with Crippen LogP contribution in [-0.2, 0) is 6.42 Å². The van der Waals surface area contributed by atoms with Crippen LogP contribution in [0.5, 0.6) is 5.75 Å². The number of benzene rings is 1. The molecule has 3 nitrogen and oxygen atoms in total. The normalized spacial score (nSPS) is 14.5. The Bertz CT molecular complexity index is 385. The molecule has 3 heteroatoms. The fourth-order valence-corrected chi connectivity index (χ4v) is 1.75. The molecule has 1 heterocycles. The van der Waals surface area contributed by atoms with E-state index >= 15 is 0 Å². The van der Waals surface area contributed by atoms with E-state index in [0.717, 1.165) is 6.42 Å². The van der Waals surface area contributed by atoms with Gasteiger partial charge < -0.3 is 10.1 Å². The highest BCUT2D eigenvalue weighted by Crippen LogP contribution is 2.23. The molecular weight excluding hydrogens is 190 g/mol. The molecular formula is C12H15NO2. The van der Waals surface area contributed by atoms with Crippen molar-refractivity contribution in [2.24, 2.45) is 5.92 Å². The summed E-state index contributed by atoms with van der Waals surface area (Å²) in [7, 11) is 0. The van der Waals surface area contributed by atoms with Gasteiger partial charge in [-0.05, 0) is 30.0 Å².